The SMILES string of the molecule is Cc1ccc(Cl)c(OC(C)C(=O)N(CC(=O)O)C2CC2)c1. The number of benzene rings is 1. The number of carbonyl (C=O) groups is 2. The summed E-state index contributed by atoms with van der Waals surface area (Å²) in [5.74, 6) is -0.905. The summed E-state index contributed by atoms with van der Waals surface area (Å²) >= 11 is 6.04. The highest BCUT2D eigenvalue weighted by atomic mass is 35.5. The van der Waals surface area contributed by atoms with Crippen molar-refractivity contribution >= 4 is 23.5 Å². The quantitative estimate of drug-likeness (QED) is 0.876. The number of carbonyl (C=O) groups excluding carboxylic acids is 1. The number of amides is 1. The minimum absolute atomic E-state index is 0.0210. The number of carboxylic acids is 1. The van der Waals surface area contributed by atoms with Gasteiger partial charge in [0.15, 0.2) is 6.10 Å². The molecule has 0 heterocycles. The molecule has 1 saturated carbocycles. The van der Waals surface area contributed by atoms with Crippen molar-refractivity contribution in [3.8, 4) is 5.75 Å². The van der Waals surface area contributed by atoms with E-state index in [1.807, 2.05) is 13.0 Å². The van der Waals surface area contributed by atoms with Gasteiger partial charge in [0.2, 0.25) is 0 Å². The highest BCUT2D eigenvalue weighted by Crippen LogP contribution is 2.29. The van der Waals surface area contributed by atoms with Gasteiger partial charge in [-0.25, -0.2) is 0 Å². The van der Waals surface area contributed by atoms with Gasteiger partial charge in [0, 0.05) is 6.04 Å². The van der Waals surface area contributed by atoms with E-state index in [0.717, 1.165) is 18.4 Å². The van der Waals surface area contributed by atoms with Crippen molar-refractivity contribution < 1.29 is 19.4 Å². The van der Waals surface area contributed by atoms with Crippen LogP contribution in [0.1, 0.15) is 25.3 Å². The first kappa shape index (κ1) is 15.6. The van der Waals surface area contributed by atoms with Crippen molar-refractivity contribution in [1.82, 2.24) is 4.90 Å². The maximum Gasteiger partial charge on any atom is 0.323 e. The average molecular weight is 312 g/mol. The summed E-state index contributed by atoms with van der Waals surface area (Å²) < 4.78 is 5.61. The monoisotopic (exact) mass is 311 g/mol. The highest BCUT2D eigenvalue weighted by molar-refractivity contribution is 6.32. The van der Waals surface area contributed by atoms with E-state index in [1.54, 1.807) is 19.1 Å². The fourth-order valence-electron chi connectivity index (χ4n) is 2.09. The predicted octanol–water partition coefficient (Wildman–Crippen LogP) is 2.49. The molecule has 5 nitrogen and oxygen atoms in total. The van der Waals surface area contributed by atoms with E-state index in [-0.39, 0.29) is 18.5 Å². The lowest BCUT2D eigenvalue weighted by molar-refractivity contribution is -0.148. The second-order valence-corrected chi connectivity index (χ2v) is 5.69. The van der Waals surface area contributed by atoms with Gasteiger partial charge in [-0.05, 0) is 44.4 Å². The molecule has 0 saturated heterocycles. The van der Waals surface area contributed by atoms with Gasteiger partial charge in [0.25, 0.3) is 5.91 Å². The maximum absolute atomic E-state index is 12.4. The lowest BCUT2D eigenvalue weighted by atomic mass is 10.2. The number of nitrogens with zero attached hydrogens (tertiary/aromatic N) is 1. The number of hydrogen-bond acceptors (Lipinski definition) is 3. The summed E-state index contributed by atoms with van der Waals surface area (Å²) in [5, 5.41) is 9.33. The molecular weight excluding hydrogens is 294 g/mol. The predicted molar refractivity (Wildman–Crippen MR) is 78.6 cm³/mol. The number of halogens is 1. The van der Waals surface area contributed by atoms with Crippen LogP contribution in [-0.2, 0) is 9.59 Å². The lowest BCUT2D eigenvalue weighted by Gasteiger charge is -2.24. The van der Waals surface area contributed by atoms with Crippen molar-refractivity contribution in [1.29, 1.82) is 0 Å². The lowest BCUT2D eigenvalue weighted by Crippen LogP contribution is -2.44. The second-order valence-electron chi connectivity index (χ2n) is 5.29. The summed E-state index contributed by atoms with van der Waals surface area (Å²) in [6.45, 7) is 3.22. The van der Waals surface area contributed by atoms with Gasteiger partial charge in [-0.3, -0.25) is 9.59 Å². The Morgan fingerprint density at radius 3 is 2.71 bits per heavy atom. The van der Waals surface area contributed by atoms with E-state index in [9.17, 15) is 9.59 Å². The Bertz CT molecular complexity index is 557. The van der Waals surface area contributed by atoms with Crippen LogP contribution in [0, 0.1) is 6.92 Å². The third-order valence-corrected chi connectivity index (χ3v) is 3.63. The molecule has 1 fully saturated rings. The Morgan fingerprint density at radius 2 is 2.14 bits per heavy atom. The third kappa shape index (κ3) is 4.11. The van der Waals surface area contributed by atoms with Crippen LogP contribution in [0.2, 0.25) is 5.02 Å². The summed E-state index contributed by atoms with van der Waals surface area (Å²) in [7, 11) is 0. The molecule has 1 aliphatic rings. The molecule has 0 bridgehead atoms. The molecule has 1 amide bonds. The van der Waals surface area contributed by atoms with Gasteiger partial charge in [0.05, 0.1) is 5.02 Å². The Kier molecular flexibility index (Phi) is 4.73. The van der Waals surface area contributed by atoms with Crippen molar-refractivity contribution in [3.63, 3.8) is 0 Å². The van der Waals surface area contributed by atoms with E-state index >= 15 is 0 Å². The molecule has 114 valence electrons. The molecule has 1 atom stereocenters. The first-order chi connectivity index (χ1) is 9.88. The first-order valence-electron chi connectivity index (χ1n) is 6.83. The Hall–Kier alpha value is -1.75. The molecule has 1 N–H and O–H groups in total. The zero-order chi connectivity index (χ0) is 15.6. The van der Waals surface area contributed by atoms with Crippen molar-refractivity contribution in [2.45, 2.75) is 38.8 Å². The molecule has 0 aromatic heterocycles. The summed E-state index contributed by atoms with van der Waals surface area (Å²) in [6.07, 6.45) is 0.915. The van der Waals surface area contributed by atoms with Crippen LogP contribution >= 0.6 is 11.6 Å². The molecule has 1 aliphatic carbocycles. The fraction of sp³-hybridized carbons (Fsp3) is 0.467. The van der Waals surface area contributed by atoms with Crippen LogP contribution < -0.4 is 4.74 Å². The topological polar surface area (TPSA) is 66.8 Å². The molecule has 6 heteroatoms. The van der Waals surface area contributed by atoms with Crippen LogP contribution in [0.25, 0.3) is 0 Å². The van der Waals surface area contributed by atoms with Gasteiger partial charge < -0.3 is 14.7 Å². The standard InChI is InChI=1S/C15H18ClNO4/c1-9-3-6-12(16)13(7-9)21-10(2)15(20)17(8-14(18)19)11-4-5-11/h3,6-7,10-11H,4-5,8H2,1-2H3,(H,18,19). The maximum atomic E-state index is 12.4. The normalized spacial score (nSPS) is 15.4. The third-order valence-electron chi connectivity index (χ3n) is 3.31. The van der Waals surface area contributed by atoms with E-state index in [0.29, 0.717) is 10.8 Å². The molecule has 21 heavy (non-hydrogen) atoms. The molecule has 1 unspecified atom stereocenters. The minimum atomic E-state index is -1.02. The molecule has 1 aromatic carbocycles. The van der Waals surface area contributed by atoms with Gasteiger partial charge in [-0.15, -0.1) is 0 Å². The fourth-order valence-corrected chi connectivity index (χ4v) is 2.26. The van der Waals surface area contributed by atoms with E-state index in [4.69, 9.17) is 21.4 Å². The Morgan fingerprint density at radius 1 is 1.48 bits per heavy atom. The Labute approximate surface area is 128 Å². The Balaban J connectivity index is 2.07. The molecule has 2 rings (SSSR count). The number of ether oxygens (including phenoxy) is 1. The minimum Gasteiger partial charge on any atom is -0.480 e. The van der Waals surface area contributed by atoms with Crippen LogP contribution in [0.3, 0.4) is 0 Å². The average Bonchev–Trinajstić information content (AvgIpc) is 3.23. The van der Waals surface area contributed by atoms with Gasteiger partial charge in [0.1, 0.15) is 12.3 Å². The van der Waals surface area contributed by atoms with Gasteiger partial charge >= 0.3 is 5.97 Å². The van der Waals surface area contributed by atoms with Gasteiger partial charge in [-0.2, -0.15) is 0 Å². The molecule has 1 aromatic rings. The summed E-state index contributed by atoms with van der Waals surface area (Å²) in [6, 6.07) is 5.33. The number of carboxylic acid groups (broad SMARTS) is 1. The largest absolute Gasteiger partial charge is 0.480 e. The number of rotatable bonds is 6. The zero-order valence-corrected chi connectivity index (χ0v) is 12.8. The molecule has 0 spiro atoms. The zero-order valence-electron chi connectivity index (χ0n) is 12.0. The van der Waals surface area contributed by atoms with Crippen LogP contribution in [-0.4, -0.2) is 40.6 Å². The van der Waals surface area contributed by atoms with E-state index in [2.05, 4.69) is 0 Å². The summed E-state index contributed by atoms with van der Waals surface area (Å²) in [4.78, 5) is 24.6. The smallest absolute Gasteiger partial charge is 0.323 e. The van der Waals surface area contributed by atoms with E-state index in [1.165, 1.54) is 4.90 Å². The summed E-state index contributed by atoms with van der Waals surface area (Å²) in [5.41, 5.74) is 0.971. The van der Waals surface area contributed by atoms with E-state index < -0.39 is 12.1 Å². The van der Waals surface area contributed by atoms with Crippen molar-refractivity contribution in [2.24, 2.45) is 0 Å². The number of hydrogen-bond donors (Lipinski definition) is 1. The van der Waals surface area contributed by atoms with Crippen molar-refractivity contribution in [2.75, 3.05) is 6.54 Å². The molecule has 0 radical (unpaired) electrons. The number of aryl methyl sites for hydroxylation is 1. The highest BCUT2D eigenvalue weighted by Gasteiger charge is 2.36. The number of aliphatic carboxylic acids is 1. The van der Waals surface area contributed by atoms with Crippen LogP contribution in [0.15, 0.2) is 18.2 Å². The molecule has 0 aliphatic heterocycles. The van der Waals surface area contributed by atoms with Crippen molar-refractivity contribution in [3.05, 3.63) is 28.8 Å². The first-order valence-corrected chi connectivity index (χ1v) is 7.21. The second kappa shape index (κ2) is 6.35. The van der Waals surface area contributed by atoms with Gasteiger partial charge in [-0.1, -0.05) is 17.7 Å². The van der Waals surface area contributed by atoms with Crippen LogP contribution in [0.4, 0.5) is 0 Å². The van der Waals surface area contributed by atoms with Crippen LogP contribution in [0.5, 0.6) is 5.75 Å². The molecular formula is C15H18ClNO4.